The molecule has 104 valence electrons. The van der Waals surface area contributed by atoms with Crippen molar-refractivity contribution in [1.29, 1.82) is 0 Å². The molecule has 1 aromatic carbocycles. The first-order valence-corrected chi connectivity index (χ1v) is 5.96. The molecule has 0 atom stereocenters. The molecular formula is C12H11ClFN5O. The minimum atomic E-state index is -0.500. The number of rotatable bonds is 3. The lowest BCUT2D eigenvalue weighted by Gasteiger charge is -2.08. The van der Waals surface area contributed by atoms with Crippen molar-refractivity contribution in [2.45, 2.75) is 6.92 Å². The topological polar surface area (TPSA) is 92.9 Å². The van der Waals surface area contributed by atoms with Crippen molar-refractivity contribution in [3.05, 3.63) is 46.5 Å². The van der Waals surface area contributed by atoms with E-state index in [1.54, 1.807) is 6.92 Å². The standard InChI is InChI=1S/C12H11ClFN5O/c1-6-4-10(18-12(16-6)19-15)11(20)17-9-3-2-7(14)5-8(9)13/h2-5H,15H2,1H3,(H,17,20)(H,16,18,19). The Hall–Kier alpha value is -2.25. The van der Waals surface area contributed by atoms with Crippen molar-refractivity contribution in [2.24, 2.45) is 5.84 Å². The molecule has 0 aliphatic carbocycles. The maximum absolute atomic E-state index is 12.9. The summed E-state index contributed by atoms with van der Waals surface area (Å²) in [5.74, 6) is 4.35. The first-order chi connectivity index (χ1) is 9.49. The number of hydrazine groups is 1. The van der Waals surface area contributed by atoms with Crippen molar-refractivity contribution in [3.63, 3.8) is 0 Å². The number of hydrogen-bond acceptors (Lipinski definition) is 5. The Morgan fingerprint density at radius 1 is 1.35 bits per heavy atom. The second-order valence-corrected chi connectivity index (χ2v) is 4.35. The van der Waals surface area contributed by atoms with Crippen LogP contribution in [0.3, 0.4) is 0 Å². The zero-order valence-corrected chi connectivity index (χ0v) is 11.2. The van der Waals surface area contributed by atoms with E-state index in [0.29, 0.717) is 5.69 Å². The van der Waals surface area contributed by atoms with Crippen LogP contribution in [-0.4, -0.2) is 15.9 Å². The smallest absolute Gasteiger partial charge is 0.274 e. The average molecular weight is 296 g/mol. The Morgan fingerprint density at radius 2 is 2.10 bits per heavy atom. The lowest BCUT2D eigenvalue weighted by atomic mass is 10.2. The van der Waals surface area contributed by atoms with Gasteiger partial charge in [-0.05, 0) is 31.2 Å². The molecule has 2 rings (SSSR count). The van der Waals surface area contributed by atoms with Gasteiger partial charge in [0.15, 0.2) is 0 Å². The summed E-state index contributed by atoms with van der Waals surface area (Å²) in [6.45, 7) is 1.70. The summed E-state index contributed by atoms with van der Waals surface area (Å²) < 4.78 is 12.9. The van der Waals surface area contributed by atoms with Crippen LogP contribution in [0.1, 0.15) is 16.2 Å². The molecule has 0 bridgehead atoms. The Bertz CT molecular complexity index is 664. The minimum absolute atomic E-state index is 0.0984. The first-order valence-electron chi connectivity index (χ1n) is 5.58. The highest BCUT2D eigenvalue weighted by Gasteiger charge is 2.12. The quantitative estimate of drug-likeness (QED) is 0.596. The maximum atomic E-state index is 12.9. The number of nitrogens with two attached hydrogens (primary N) is 1. The van der Waals surface area contributed by atoms with E-state index in [4.69, 9.17) is 17.4 Å². The normalized spacial score (nSPS) is 10.2. The van der Waals surface area contributed by atoms with Crippen LogP contribution in [0.4, 0.5) is 16.0 Å². The van der Waals surface area contributed by atoms with Crippen LogP contribution in [0.15, 0.2) is 24.3 Å². The molecule has 1 heterocycles. The molecular weight excluding hydrogens is 285 g/mol. The largest absolute Gasteiger partial charge is 0.319 e. The number of aromatic nitrogens is 2. The molecule has 0 aliphatic rings. The van der Waals surface area contributed by atoms with Gasteiger partial charge < -0.3 is 5.32 Å². The van der Waals surface area contributed by atoms with Crippen molar-refractivity contribution in [1.82, 2.24) is 9.97 Å². The first kappa shape index (κ1) is 14.2. The van der Waals surface area contributed by atoms with E-state index >= 15 is 0 Å². The number of anilines is 2. The third-order valence-corrected chi connectivity index (χ3v) is 2.71. The summed E-state index contributed by atoms with van der Waals surface area (Å²) in [7, 11) is 0. The van der Waals surface area contributed by atoms with Gasteiger partial charge in [0.1, 0.15) is 11.5 Å². The Balaban J connectivity index is 2.26. The summed E-state index contributed by atoms with van der Waals surface area (Å²) in [5, 5.41) is 2.63. The lowest BCUT2D eigenvalue weighted by molar-refractivity contribution is 0.102. The fourth-order valence-corrected chi connectivity index (χ4v) is 1.74. The van der Waals surface area contributed by atoms with Crippen LogP contribution in [-0.2, 0) is 0 Å². The van der Waals surface area contributed by atoms with E-state index in [1.807, 2.05) is 0 Å². The number of hydrogen-bond donors (Lipinski definition) is 3. The summed E-state index contributed by atoms with van der Waals surface area (Å²) in [4.78, 5) is 19.9. The number of nitrogens with one attached hydrogen (secondary N) is 2. The van der Waals surface area contributed by atoms with Crippen LogP contribution < -0.4 is 16.6 Å². The van der Waals surface area contributed by atoms with Crippen LogP contribution in [0, 0.1) is 12.7 Å². The van der Waals surface area contributed by atoms with Gasteiger partial charge in [0, 0.05) is 5.69 Å². The summed E-state index contributed by atoms with van der Waals surface area (Å²) in [5.41, 5.74) is 3.25. The Morgan fingerprint density at radius 3 is 2.75 bits per heavy atom. The molecule has 4 N–H and O–H groups in total. The molecule has 0 saturated carbocycles. The zero-order valence-electron chi connectivity index (χ0n) is 10.4. The van der Waals surface area contributed by atoms with Gasteiger partial charge in [-0.15, -0.1) is 0 Å². The molecule has 2 aromatic rings. The SMILES string of the molecule is Cc1cc(C(=O)Nc2ccc(F)cc2Cl)nc(NN)n1. The van der Waals surface area contributed by atoms with Crippen LogP contribution in [0.5, 0.6) is 0 Å². The van der Waals surface area contributed by atoms with Crippen molar-refractivity contribution < 1.29 is 9.18 Å². The number of aryl methyl sites for hydroxylation is 1. The zero-order chi connectivity index (χ0) is 14.7. The summed E-state index contributed by atoms with van der Waals surface area (Å²) in [6, 6.07) is 5.16. The molecule has 6 nitrogen and oxygen atoms in total. The van der Waals surface area contributed by atoms with E-state index in [0.717, 1.165) is 6.07 Å². The molecule has 1 amide bonds. The van der Waals surface area contributed by atoms with Gasteiger partial charge in [-0.2, -0.15) is 0 Å². The fourth-order valence-electron chi connectivity index (χ4n) is 1.53. The van der Waals surface area contributed by atoms with E-state index < -0.39 is 11.7 Å². The third-order valence-electron chi connectivity index (χ3n) is 2.40. The van der Waals surface area contributed by atoms with Crippen molar-refractivity contribution in [2.75, 3.05) is 10.7 Å². The second-order valence-electron chi connectivity index (χ2n) is 3.94. The Kier molecular flexibility index (Phi) is 4.11. The Labute approximate surface area is 119 Å². The summed E-state index contributed by atoms with van der Waals surface area (Å²) in [6.07, 6.45) is 0. The number of halogens is 2. The average Bonchev–Trinajstić information content (AvgIpc) is 2.41. The fraction of sp³-hybridized carbons (Fsp3) is 0.0833. The van der Waals surface area contributed by atoms with E-state index in [9.17, 15) is 9.18 Å². The van der Waals surface area contributed by atoms with Crippen LogP contribution in [0.25, 0.3) is 0 Å². The van der Waals surface area contributed by atoms with Crippen molar-refractivity contribution >= 4 is 29.1 Å². The minimum Gasteiger partial charge on any atom is -0.319 e. The highest BCUT2D eigenvalue weighted by atomic mass is 35.5. The third kappa shape index (κ3) is 3.19. The monoisotopic (exact) mass is 295 g/mol. The van der Waals surface area contributed by atoms with Gasteiger partial charge >= 0.3 is 0 Å². The molecule has 0 aliphatic heterocycles. The predicted molar refractivity (Wildman–Crippen MR) is 73.9 cm³/mol. The second kappa shape index (κ2) is 5.81. The van der Waals surface area contributed by atoms with Crippen molar-refractivity contribution in [3.8, 4) is 0 Å². The van der Waals surface area contributed by atoms with E-state index in [-0.39, 0.29) is 22.4 Å². The van der Waals surface area contributed by atoms with Gasteiger partial charge in [0.25, 0.3) is 5.91 Å². The van der Waals surface area contributed by atoms with Crippen LogP contribution >= 0.6 is 11.6 Å². The van der Waals surface area contributed by atoms with E-state index in [2.05, 4.69) is 20.7 Å². The number of nitrogen functional groups attached to an aromatic ring is 1. The molecule has 0 radical (unpaired) electrons. The molecule has 0 saturated heterocycles. The molecule has 1 aromatic heterocycles. The number of carbonyl (C=O) groups excluding carboxylic acids is 1. The molecule has 20 heavy (non-hydrogen) atoms. The van der Waals surface area contributed by atoms with Gasteiger partial charge in [-0.3, -0.25) is 10.2 Å². The number of nitrogens with zero attached hydrogens (tertiary/aromatic N) is 2. The summed E-state index contributed by atoms with van der Waals surface area (Å²) >= 11 is 5.83. The lowest BCUT2D eigenvalue weighted by Crippen LogP contribution is -2.18. The van der Waals surface area contributed by atoms with Gasteiger partial charge in [-0.1, -0.05) is 11.6 Å². The highest BCUT2D eigenvalue weighted by Crippen LogP contribution is 2.22. The van der Waals surface area contributed by atoms with Crippen LogP contribution in [0.2, 0.25) is 5.02 Å². The maximum Gasteiger partial charge on any atom is 0.274 e. The number of amides is 1. The predicted octanol–water partition coefficient (Wildman–Crippen LogP) is 2.12. The highest BCUT2D eigenvalue weighted by molar-refractivity contribution is 6.33. The molecule has 8 heteroatoms. The van der Waals surface area contributed by atoms with Gasteiger partial charge in [-0.25, -0.2) is 20.2 Å². The van der Waals surface area contributed by atoms with Gasteiger partial charge in [0.05, 0.1) is 10.7 Å². The molecule has 0 fully saturated rings. The number of carbonyl (C=O) groups is 1. The number of benzene rings is 1. The molecule has 0 spiro atoms. The van der Waals surface area contributed by atoms with E-state index in [1.165, 1.54) is 18.2 Å². The molecule has 0 unspecified atom stereocenters. The van der Waals surface area contributed by atoms with Gasteiger partial charge in [0.2, 0.25) is 5.95 Å².